The van der Waals surface area contributed by atoms with E-state index in [0.29, 0.717) is 12.2 Å². The zero-order valence-corrected chi connectivity index (χ0v) is 15.7. The summed E-state index contributed by atoms with van der Waals surface area (Å²) in [6, 6.07) is 10.8. The molecule has 138 valence electrons. The molecule has 1 amide bonds. The molecule has 0 saturated carbocycles. The van der Waals surface area contributed by atoms with Crippen LogP contribution in [0.15, 0.2) is 36.4 Å². The first-order chi connectivity index (χ1) is 12.4. The van der Waals surface area contributed by atoms with Gasteiger partial charge in [-0.2, -0.15) is 0 Å². The molecule has 2 heterocycles. The van der Waals surface area contributed by atoms with Crippen molar-refractivity contribution < 1.29 is 13.2 Å². The SMILES string of the molecule is CCc1ccccc1NC(=O)c1ccc(N(C)C2CCS(=O)(=O)C2)nn1. The lowest BCUT2D eigenvalue weighted by atomic mass is 10.1. The third kappa shape index (κ3) is 4.01. The standard InChI is InChI=1S/C18H22N4O3S/c1-3-13-6-4-5-7-15(13)19-18(23)16-8-9-17(21-20-16)22(2)14-10-11-26(24,25)12-14/h4-9,14H,3,10-12H2,1-2H3,(H,19,23). The van der Waals surface area contributed by atoms with Crippen molar-refractivity contribution in [2.75, 3.05) is 28.8 Å². The van der Waals surface area contributed by atoms with Crippen LogP contribution < -0.4 is 10.2 Å². The molecule has 0 aliphatic carbocycles. The molecule has 2 aromatic rings. The molecule has 3 rings (SSSR count). The normalized spacial score (nSPS) is 18.5. The van der Waals surface area contributed by atoms with E-state index in [1.54, 1.807) is 19.2 Å². The van der Waals surface area contributed by atoms with Gasteiger partial charge in [0.1, 0.15) is 0 Å². The Labute approximate surface area is 153 Å². The Morgan fingerprint density at radius 2 is 2.00 bits per heavy atom. The van der Waals surface area contributed by atoms with E-state index >= 15 is 0 Å². The highest BCUT2D eigenvalue weighted by Crippen LogP contribution is 2.21. The Hall–Kier alpha value is -2.48. The summed E-state index contributed by atoms with van der Waals surface area (Å²) < 4.78 is 23.3. The van der Waals surface area contributed by atoms with Crippen LogP contribution >= 0.6 is 0 Å². The Morgan fingerprint density at radius 3 is 2.62 bits per heavy atom. The van der Waals surface area contributed by atoms with Crippen LogP contribution in [0.3, 0.4) is 0 Å². The van der Waals surface area contributed by atoms with Crippen molar-refractivity contribution in [2.45, 2.75) is 25.8 Å². The maximum absolute atomic E-state index is 12.4. The number of carbonyl (C=O) groups is 1. The molecule has 8 heteroatoms. The Kier molecular flexibility index (Phi) is 5.22. The van der Waals surface area contributed by atoms with Gasteiger partial charge in [0.2, 0.25) is 0 Å². The third-order valence-electron chi connectivity index (χ3n) is 4.65. The molecule has 7 nitrogen and oxygen atoms in total. The number of amides is 1. The maximum atomic E-state index is 12.4. The van der Waals surface area contributed by atoms with Crippen molar-refractivity contribution in [3.8, 4) is 0 Å². The average Bonchev–Trinajstić information content (AvgIpc) is 3.01. The maximum Gasteiger partial charge on any atom is 0.276 e. The second kappa shape index (κ2) is 7.41. The summed E-state index contributed by atoms with van der Waals surface area (Å²) in [7, 11) is -1.17. The summed E-state index contributed by atoms with van der Waals surface area (Å²) in [4.78, 5) is 14.2. The first-order valence-corrected chi connectivity index (χ1v) is 10.4. The summed E-state index contributed by atoms with van der Waals surface area (Å²) >= 11 is 0. The van der Waals surface area contributed by atoms with E-state index in [1.165, 1.54) is 0 Å². The number of benzene rings is 1. The van der Waals surface area contributed by atoms with Gasteiger partial charge < -0.3 is 10.2 Å². The second-order valence-electron chi connectivity index (χ2n) is 6.41. The molecule has 0 spiro atoms. The molecule has 1 aromatic carbocycles. The lowest BCUT2D eigenvalue weighted by Crippen LogP contribution is -2.33. The van der Waals surface area contributed by atoms with Crippen LogP contribution in [0.25, 0.3) is 0 Å². The fourth-order valence-corrected chi connectivity index (χ4v) is 4.81. The number of aromatic nitrogens is 2. The van der Waals surface area contributed by atoms with Gasteiger partial charge in [-0.1, -0.05) is 25.1 Å². The van der Waals surface area contributed by atoms with Crippen LogP contribution in [0.1, 0.15) is 29.4 Å². The van der Waals surface area contributed by atoms with Gasteiger partial charge >= 0.3 is 0 Å². The van der Waals surface area contributed by atoms with E-state index in [9.17, 15) is 13.2 Å². The number of carbonyl (C=O) groups excluding carboxylic acids is 1. The van der Waals surface area contributed by atoms with E-state index in [0.717, 1.165) is 17.7 Å². The van der Waals surface area contributed by atoms with E-state index < -0.39 is 9.84 Å². The average molecular weight is 374 g/mol. The van der Waals surface area contributed by atoms with Crippen molar-refractivity contribution in [3.63, 3.8) is 0 Å². The van der Waals surface area contributed by atoms with Crippen LogP contribution in [0, 0.1) is 0 Å². The van der Waals surface area contributed by atoms with Crippen LogP contribution in [0.5, 0.6) is 0 Å². The Balaban J connectivity index is 1.70. The zero-order valence-electron chi connectivity index (χ0n) is 14.8. The van der Waals surface area contributed by atoms with Crippen LogP contribution in [0.2, 0.25) is 0 Å². The van der Waals surface area contributed by atoms with Gasteiger partial charge in [-0.25, -0.2) is 8.42 Å². The van der Waals surface area contributed by atoms with E-state index in [1.807, 2.05) is 36.1 Å². The highest BCUT2D eigenvalue weighted by Gasteiger charge is 2.31. The van der Waals surface area contributed by atoms with E-state index in [2.05, 4.69) is 15.5 Å². The minimum Gasteiger partial charge on any atom is -0.354 e. The van der Waals surface area contributed by atoms with Crippen LogP contribution in [0.4, 0.5) is 11.5 Å². The molecule has 1 saturated heterocycles. The summed E-state index contributed by atoms with van der Waals surface area (Å²) in [5.74, 6) is 0.558. The number of hydrogen-bond acceptors (Lipinski definition) is 6. The lowest BCUT2D eigenvalue weighted by Gasteiger charge is -2.23. The summed E-state index contributed by atoms with van der Waals surface area (Å²) in [6.45, 7) is 2.03. The molecule has 1 aliphatic heterocycles. The Bertz CT molecular complexity index is 897. The quantitative estimate of drug-likeness (QED) is 0.859. The molecule has 1 atom stereocenters. The number of nitrogens with zero attached hydrogens (tertiary/aromatic N) is 3. The topological polar surface area (TPSA) is 92.3 Å². The Morgan fingerprint density at radius 1 is 1.23 bits per heavy atom. The second-order valence-corrected chi connectivity index (χ2v) is 8.64. The first kappa shape index (κ1) is 18.3. The number of rotatable bonds is 5. The smallest absolute Gasteiger partial charge is 0.276 e. The van der Waals surface area contributed by atoms with Gasteiger partial charge in [0.15, 0.2) is 21.3 Å². The molecular formula is C18H22N4O3S. The summed E-state index contributed by atoms with van der Waals surface area (Å²) in [6.07, 6.45) is 1.40. The largest absolute Gasteiger partial charge is 0.354 e. The van der Waals surface area contributed by atoms with Gasteiger partial charge in [-0.05, 0) is 36.6 Å². The first-order valence-electron chi connectivity index (χ1n) is 8.56. The van der Waals surface area contributed by atoms with Crippen molar-refractivity contribution in [2.24, 2.45) is 0 Å². The van der Waals surface area contributed by atoms with Crippen LogP contribution in [-0.4, -0.2) is 49.1 Å². The van der Waals surface area contributed by atoms with Crippen molar-refractivity contribution >= 4 is 27.2 Å². The predicted octanol–water partition coefficient (Wildman–Crippen LogP) is 1.91. The summed E-state index contributed by atoms with van der Waals surface area (Å²) in [5, 5.41) is 11.0. The molecule has 0 radical (unpaired) electrons. The number of aryl methyl sites for hydroxylation is 1. The van der Waals surface area contributed by atoms with Crippen LogP contribution in [-0.2, 0) is 16.3 Å². The minimum atomic E-state index is -2.97. The highest BCUT2D eigenvalue weighted by molar-refractivity contribution is 7.91. The third-order valence-corrected chi connectivity index (χ3v) is 6.40. The highest BCUT2D eigenvalue weighted by atomic mass is 32.2. The monoisotopic (exact) mass is 374 g/mol. The number of para-hydroxylation sites is 1. The van der Waals surface area contributed by atoms with Gasteiger partial charge in [0.25, 0.3) is 5.91 Å². The molecule has 26 heavy (non-hydrogen) atoms. The summed E-state index contributed by atoms with van der Waals surface area (Å²) in [5.41, 5.74) is 2.03. The zero-order chi connectivity index (χ0) is 18.7. The lowest BCUT2D eigenvalue weighted by molar-refractivity contribution is 0.102. The van der Waals surface area contributed by atoms with Crippen molar-refractivity contribution in [1.29, 1.82) is 0 Å². The van der Waals surface area contributed by atoms with Crippen molar-refractivity contribution in [3.05, 3.63) is 47.7 Å². The van der Waals surface area contributed by atoms with Gasteiger partial charge in [-0.3, -0.25) is 4.79 Å². The molecule has 1 aromatic heterocycles. The van der Waals surface area contributed by atoms with Gasteiger partial charge in [0, 0.05) is 18.8 Å². The number of anilines is 2. The molecule has 1 unspecified atom stereocenters. The predicted molar refractivity (Wildman–Crippen MR) is 101 cm³/mol. The molecule has 1 N–H and O–H groups in total. The molecule has 1 aliphatic rings. The molecule has 1 fully saturated rings. The van der Waals surface area contributed by atoms with Gasteiger partial charge in [-0.15, -0.1) is 10.2 Å². The van der Waals surface area contributed by atoms with E-state index in [4.69, 9.17) is 0 Å². The molecule has 0 bridgehead atoms. The van der Waals surface area contributed by atoms with Crippen molar-refractivity contribution in [1.82, 2.24) is 10.2 Å². The fourth-order valence-electron chi connectivity index (χ4n) is 3.04. The number of nitrogens with one attached hydrogen (secondary N) is 1. The van der Waals surface area contributed by atoms with Gasteiger partial charge in [0.05, 0.1) is 11.5 Å². The molecular weight excluding hydrogens is 352 g/mol. The fraction of sp³-hybridized carbons (Fsp3) is 0.389. The number of hydrogen-bond donors (Lipinski definition) is 1. The number of sulfone groups is 1. The van der Waals surface area contributed by atoms with E-state index in [-0.39, 0.29) is 29.1 Å². The minimum absolute atomic E-state index is 0.106.